The van der Waals surface area contributed by atoms with E-state index in [0.29, 0.717) is 12.8 Å². The lowest BCUT2D eigenvalue weighted by Gasteiger charge is -2.27. The van der Waals surface area contributed by atoms with Crippen LogP contribution >= 0.6 is 0 Å². The second-order valence-electron chi connectivity index (χ2n) is 4.29. The summed E-state index contributed by atoms with van der Waals surface area (Å²) in [5.74, 6) is 0. The van der Waals surface area contributed by atoms with Crippen LogP contribution in [0.15, 0.2) is 0 Å². The van der Waals surface area contributed by atoms with Gasteiger partial charge in [-0.25, -0.2) is 9.52 Å². The average molecular weight is 266 g/mol. The molecule has 1 amide bonds. The molecule has 0 heterocycles. The topological polar surface area (TPSA) is 95.9 Å². The summed E-state index contributed by atoms with van der Waals surface area (Å²) in [5, 5.41) is 10.1. The van der Waals surface area contributed by atoms with Crippen molar-refractivity contribution < 1.29 is 23.1 Å². The molecular weight excluding hydrogens is 248 g/mol. The average Bonchev–Trinajstić information content (AvgIpc) is 2.64. The number of hydrogen-bond acceptors (Lipinski definition) is 5. The first-order chi connectivity index (χ1) is 7.79. The van der Waals surface area contributed by atoms with Crippen LogP contribution in [0.2, 0.25) is 0 Å². The Morgan fingerprint density at radius 2 is 2.00 bits per heavy atom. The molecule has 0 saturated heterocycles. The van der Waals surface area contributed by atoms with Gasteiger partial charge in [0.05, 0.1) is 12.7 Å². The quantitative estimate of drug-likeness (QED) is 0.736. The minimum atomic E-state index is -3.95. The number of likely N-dealkylation sites (N-methyl/N-ethyl adjacent to an activating group) is 1. The summed E-state index contributed by atoms with van der Waals surface area (Å²) >= 11 is 0. The van der Waals surface area contributed by atoms with Crippen LogP contribution in [0.5, 0.6) is 0 Å². The summed E-state index contributed by atoms with van der Waals surface area (Å²) in [6.07, 6.45) is 1.87. The predicted molar refractivity (Wildman–Crippen MR) is 60.5 cm³/mol. The predicted octanol–water partition coefficient (Wildman–Crippen LogP) is -0.176. The van der Waals surface area contributed by atoms with Gasteiger partial charge in [-0.3, -0.25) is 0 Å². The molecule has 17 heavy (non-hydrogen) atoms. The Morgan fingerprint density at radius 1 is 1.47 bits per heavy atom. The van der Waals surface area contributed by atoms with Crippen molar-refractivity contribution in [1.29, 1.82) is 0 Å². The number of methoxy groups -OCH3 is 1. The van der Waals surface area contributed by atoms with Crippen molar-refractivity contribution in [2.24, 2.45) is 0 Å². The zero-order valence-electron chi connectivity index (χ0n) is 9.97. The molecule has 0 aliphatic heterocycles. The molecule has 0 atom stereocenters. The second-order valence-corrected chi connectivity index (χ2v) is 6.06. The normalized spacial score (nSPS) is 19.3. The lowest BCUT2D eigenvalue weighted by Crippen LogP contribution is -2.47. The van der Waals surface area contributed by atoms with Crippen LogP contribution in [0.25, 0.3) is 0 Å². The highest BCUT2D eigenvalue weighted by Crippen LogP contribution is 2.30. The molecule has 0 bridgehead atoms. The molecule has 1 aliphatic rings. The molecule has 1 rings (SSSR count). The summed E-state index contributed by atoms with van der Waals surface area (Å²) in [6.45, 7) is -0.0284. The number of rotatable bonds is 4. The molecule has 1 aliphatic carbocycles. The van der Waals surface area contributed by atoms with Gasteiger partial charge in [-0.05, 0) is 12.8 Å². The van der Waals surface area contributed by atoms with Gasteiger partial charge in [-0.1, -0.05) is 12.8 Å². The summed E-state index contributed by atoms with van der Waals surface area (Å²) < 4.78 is 30.1. The van der Waals surface area contributed by atoms with Crippen LogP contribution in [0.4, 0.5) is 4.79 Å². The van der Waals surface area contributed by atoms with Crippen LogP contribution in [-0.2, 0) is 14.9 Å². The number of carbonyl (C=O) groups excluding carboxylic acids is 1. The van der Waals surface area contributed by atoms with E-state index < -0.39 is 21.9 Å². The van der Waals surface area contributed by atoms with Crippen molar-refractivity contribution >= 4 is 16.3 Å². The van der Waals surface area contributed by atoms with Crippen molar-refractivity contribution in [1.82, 2.24) is 9.03 Å². The van der Waals surface area contributed by atoms with E-state index in [4.69, 9.17) is 0 Å². The van der Waals surface area contributed by atoms with Crippen LogP contribution in [0.3, 0.4) is 0 Å². The minimum Gasteiger partial charge on any atom is -0.452 e. The highest BCUT2D eigenvalue weighted by atomic mass is 32.2. The van der Waals surface area contributed by atoms with Crippen LogP contribution < -0.4 is 4.72 Å². The molecule has 0 aromatic heterocycles. The van der Waals surface area contributed by atoms with E-state index in [1.807, 2.05) is 0 Å². The second kappa shape index (κ2) is 5.19. The van der Waals surface area contributed by atoms with E-state index in [9.17, 15) is 18.3 Å². The van der Waals surface area contributed by atoms with Gasteiger partial charge in [0, 0.05) is 13.6 Å². The third kappa shape index (κ3) is 3.83. The molecule has 100 valence electrons. The number of carbonyl (C=O) groups is 1. The van der Waals surface area contributed by atoms with Gasteiger partial charge >= 0.3 is 16.3 Å². The van der Waals surface area contributed by atoms with E-state index >= 15 is 0 Å². The van der Waals surface area contributed by atoms with Gasteiger partial charge in [0.15, 0.2) is 0 Å². The van der Waals surface area contributed by atoms with Crippen LogP contribution in [0.1, 0.15) is 25.7 Å². The number of hydrogen-bond donors (Lipinski definition) is 2. The zero-order valence-corrected chi connectivity index (χ0v) is 10.8. The Hall–Kier alpha value is -0.860. The van der Waals surface area contributed by atoms with Gasteiger partial charge in [-0.15, -0.1) is 0 Å². The highest BCUT2D eigenvalue weighted by molar-refractivity contribution is 7.87. The summed E-state index contributed by atoms with van der Waals surface area (Å²) in [7, 11) is -1.56. The van der Waals surface area contributed by atoms with Crippen molar-refractivity contribution in [3.63, 3.8) is 0 Å². The Balaban J connectivity index is 2.62. The molecule has 0 radical (unpaired) electrons. The molecule has 2 N–H and O–H groups in total. The van der Waals surface area contributed by atoms with E-state index in [0.717, 1.165) is 24.3 Å². The fourth-order valence-electron chi connectivity index (χ4n) is 1.92. The first-order valence-electron chi connectivity index (χ1n) is 5.33. The lowest BCUT2D eigenvalue weighted by molar-refractivity contribution is 0.0331. The summed E-state index contributed by atoms with van der Waals surface area (Å²) in [4.78, 5) is 10.8. The van der Waals surface area contributed by atoms with Crippen molar-refractivity contribution in [3.05, 3.63) is 0 Å². The molecule has 1 saturated carbocycles. The molecule has 8 heteroatoms. The van der Waals surface area contributed by atoms with Gasteiger partial charge in [0.1, 0.15) is 0 Å². The van der Waals surface area contributed by atoms with E-state index in [1.165, 1.54) is 7.05 Å². The van der Waals surface area contributed by atoms with E-state index in [1.54, 1.807) is 4.72 Å². The molecular formula is C9H18N2O5S. The Bertz CT molecular complexity index is 375. The monoisotopic (exact) mass is 266 g/mol. The Kier molecular flexibility index (Phi) is 4.34. The largest absolute Gasteiger partial charge is 0.452 e. The highest BCUT2D eigenvalue weighted by Gasteiger charge is 2.35. The molecule has 1 fully saturated rings. The lowest BCUT2D eigenvalue weighted by atomic mass is 10.0. The van der Waals surface area contributed by atoms with Gasteiger partial charge < -0.3 is 9.84 Å². The maximum atomic E-state index is 11.6. The fraction of sp³-hybridized carbons (Fsp3) is 0.889. The maximum Gasteiger partial charge on any atom is 0.421 e. The summed E-state index contributed by atoms with van der Waals surface area (Å²) in [5.41, 5.74) is -0.986. The van der Waals surface area contributed by atoms with E-state index in [2.05, 4.69) is 4.74 Å². The Morgan fingerprint density at radius 3 is 2.47 bits per heavy atom. The summed E-state index contributed by atoms with van der Waals surface area (Å²) in [6, 6.07) is 0. The first-order valence-corrected chi connectivity index (χ1v) is 6.77. The number of ether oxygens (including phenoxy) is 1. The molecule has 0 unspecified atom stereocenters. The number of nitrogens with one attached hydrogen (secondary N) is 1. The SMILES string of the molecule is COC(=O)NS(=O)(=O)N(C)CC1(O)CCCC1. The number of aliphatic hydroxyl groups is 1. The number of amides is 1. The molecule has 7 nitrogen and oxygen atoms in total. The van der Waals surface area contributed by atoms with Gasteiger partial charge in [0.2, 0.25) is 0 Å². The minimum absolute atomic E-state index is 0.0284. The molecule has 0 aromatic rings. The fourth-order valence-corrected chi connectivity index (χ4v) is 2.78. The number of nitrogens with zero attached hydrogens (tertiary/aromatic N) is 1. The van der Waals surface area contributed by atoms with Crippen LogP contribution in [0, 0.1) is 0 Å². The smallest absolute Gasteiger partial charge is 0.421 e. The van der Waals surface area contributed by atoms with E-state index in [-0.39, 0.29) is 6.54 Å². The van der Waals surface area contributed by atoms with Gasteiger partial charge in [-0.2, -0.15) is 12.7 Å². The van der Waals surface area contributed by atoms with Crippen molar-refractivity contribution in [2.75, 3.05) is 20.7 Å². The third-order valence-corrected chi connectivity index (χ3v) is 4.23. The first kappa shape index (κ1) is 14.2. The van der Waals surface area contributed by atoms with Crippen molar-refractivity contribution in [3.8, 4) is 0 Å². The van der Waals surface area contributed by atoms with Crippen LogP contribution in [-0.4, -0.2) is 50.2 Å². The Labute approximate surface area is 101 Å². The maximum absolute atomic E-state index is 11.6. The zero-order chi connectivity index (χ0) is 13.1. The molecule has 0 spiro atoms. The van der Waals surface area contributed by atoms with Gasteiger partial charge in [0.25, 0.3) is 0 Å². The third-order valence-electron chi connectivity index (χ3n) is 2.86. The standard InChI is InChI=1S/C9H18N2O5S/c1-11(7-9(13)5-3-4-6-9)17(14,15)10-8(12)16-2/h13H,3-7H2,1-2H3,(H,10,12). The molecule has 0 aromatic carbocycles. The van der Waals surface area contributed by atoms with Crippen molar-refractivity contribution in [2.45, 2.75) is 31.3 Å².